The Morgan fingerprint density at radius 1 is 1.17 bits per heavy atom. The number of ketones is 1. The van der Waals surface area contributed by atoms with Gasteiger partial charge in [-0.3, -0.25) is 4.79 Å². The standard InChI is InChI=1S/C12H11F4NO/c13-8-1-3-9(4-2-8)17-6-5-10(18)7-11(17)12(14,15)16/h1-4,11H,5-7H2. The minimum absolute atomic E-state index is 0.00857. The maximum Gasteiger partial charge on any atom is 0.409 e. The molecule has 2 rings (SSSR count). The van der Waals surface area contributed by atoms with Crippen LogP contribution in [0.25, 0.3) is 0 Å². The van der Waals surface area contributed by atoms with Gasteiger partial charge in [-0.2, -0.15) is 13.2 Å². The summed E-state index contributed by atoms with van der Waals surface area (Å²) in [5, 5.41) is 0. The second-order valence-corrected chi connectivity index (χ2v) is 4.22. The lowest BCUT2D eigenvalue weighted by atomic mass is 9.99. The molecule has 0 radical (unpaired) electrons. The number of carbonyl (C=O) groups excluding carboxylic acids is 1. The molecular weight excluding hydrogens is 250 g/mol. The lowest BCUT2D eigenvalue weighted by Crippen LogP contribution is -2.51. The van der Waals surface area contributed by atoms with E-state index in [1.807, 2.05) is 0 Å². The lowest BCUT2D eigenvalue weighted by molar-refractivity contribution is -0.158. The molecule has 6 heteroatoms. The van der Waals surface area contributed by atoms with Crippen molar-refractivity contribution in [2.45, 2.75) is 25.1 Å². The number of rotatable bonds is 1. The van der Waals surface area contributed by atoms with E-state index in [-0.39, 0.29) is 18.7 Å². The van der Waals surface area contributed by atoms with Crippen molar-refractivity contribution in [2.75, 3.05) is 11.4 Å². The van der Waals surface area contributed by atoms with Crippen LogP contribution >= 0.6 is 0 Å². The molecule has 0 spiro atoms. The molecule has 1 heterocycles. The van der Waals surface area contributed by atoms with E-state index in [2.05, 4.69) is 0 Å². The predicted octanol–water partition coefficient (Wildman–Crippen LogP) is 2.93. The third-order valence-corrected chi connectivity index (χ3v) is 2.96. The van der Waals surface area contributed by atoms with Crippen LogP contribution < -0.4 is 4.90 Å². The monoisotopic (exact) mass is 261 g/mol. The zero-order valence-corrected chi connectivity index (χ0v) is 9.38. The van der Waals surface area contributed by atoms with Crippen molar-refractivity contribution in [1.82, 2.24) is 0 Å². The molecule has 1 atom stereocenters. The number of carbonyl (C=O) groups is 1. The van der Waals surface area contributed by atoms with E-state index in [1.165, 1.54) is 12.1 Å². The van der Waals surface area contributed by atoms with E-state index in [1.54, 1.807) is 0 Å². The zero-order valence-electron chi connectivity index (χ0n) is 9.38. The van der Waals surface area contributed by atoms with E-state index in [0.29, 0.717) is 0 Å². The predicted molar refractivity (Wildman–Crippen MR) is 57.8 cm³/mol. The van der Waals surface area contributed by atoms with Crippen LogP contribution in [0.5, 0.6) is 0 Å². The Labute approximate surface area is 101 Å². The number of anilines is 1. The number of halogens is 4. The van der Waals surface area contributed by atoms with Crippen LogP contribution in [0, 0.1) is 5.82 Å². The Kier molecular flexibility index (Phi) is 3.28. The highest BCUT2D eigenvalue weighted by Gasteiger charge is 2.46. The molecule has 0 bridgehead atoms. The summed E-state index contributed by atoms with van der Waals surface area (Å²) in [7, 11) is 0. The molecule has 1 fully saturated rings. The van der Waals surface area contributed by atoms with Crippen molar-refractivity contribution < 1.29 is 22.4 Å². The van der Waals surface area contributed by atoms with Crippen LogP contribution in [-0.2, 0) is 4.79 Å². The van der Waals surface area contributed by atoms with Gasteiger partial charge in [0, 0.05) is 25.1 Å². The van der Waals surface area contributed by atoms with Gasteiger partial charge in [0.1, 0.15) is 17.6 Å². The van der Waals surface area contributed by atoms with Crippen molar-refractivity contribution in [2.24, 2.45) is 0 Å². The van der Waals surface area contributed by atoms with Crippen molar-refractivity contribution >= 4 is 11.5 Å². The van der Waals surface area contributed by atoms with Crippen LogP contribution in [0.15, 0.2) is 24.3 Å². The summed E-state index contributed by atoms with van der Waals surface area (Å²) in [5.74, 6) is -0.897. The van der Waals surface area contributed by atoms with Gasteiger partial charge < -0.3 is 4.90 Å². The summed E-state index contributed by atoms with van der Waals surface area (Å²) in [4.78, 5) is 12.3. The summed E-state index contributed by atoms with van der Waals surface area (Å²) in [5.41, 5.74) is 0.284. The molecule has 0 saturated carbocycles. The largest absolute Gasteiger partial charge is 0.409 e. The molecule has 0 aromatic heterocycles. The molecule has 1 unspecified atom stereocenters. The maximum atomic E-state index is 12.9. The first kappa shape index (κ1) is 12.9. The van der Waals surface area contributed by atoms with Gasteiger partial charge in [0.25, 0.3) is 0 Å². The third kappa shape index (κ3) is 2.63. The Balaban J connectivity index is 2.29. The Hall–Kier alpha value is -1.59. The summed E-state index contributed by atoms with van der Waals surface area (Å²) in [6.07, 6.45) is -4.92. The molecule has 98 valence electrons. The fourth-order valence-corrected chi connectivity index (χ4v) is 2.06. The lowest BCUT2D eigenvalue weighted by Gasteiger charge is -2.37. The van der Waals surface area contributed by atoms with E-state index in [9.17, 15) is 22.4 Å². The smallest absolute Gasteiger partial charge is 0.359 e. The van der Waals surface area contributed by atoms with Crippen molar-refractivity contribution in [3.05, 3.63) is 30.1 Å². The first-order valence-electron chi connectivity index (χ1n) is 5.48. The molecule has 18 heavy (non-hydrogen) atoms. The average Bonchev–Trinajstić information content (AvgIpc) is 2.29. The van der Waals surface area contributed by atoms with Crippen LogP contribution in [-0.4, -0.2) is 24.5 Å². The minimum Gasteiger partial charge on any atom is -0.359 e. The minimum atomic E-state index is -4.47. The maximum absolute atomic E-state index is 12.9. The molecule has 1 aliphatic rings. The molecule has 1 aliphatic heterocycles. The number of Topliss-reactive ketones (excluding diaryl/α,β-unsaturated/α-hetero) is 1. The number of benzene rings is 1. The number of hydrogen-bond donors (Lipinski definition) is 0. The second-order valence-electron chi connectivity index (χ2n) is 4.22. The Morgan fingerprint density at radius 2 is 1.78 bits per heavy atom. The van der Waals surface area contributed by atoms with E-state index >= 15 is 0 Å². The Bertz CT molecular complexity index is 440. The molecule has 0 amide bonds. The number of nitrogens with zero attached hydrogens (tertiary/aromatic N) is 1. The molecule has 0 N–H and O–H groups in total. The second kappa shape index (κ2) is 4.59. The normalized spacial score (nSPS) is 21.2. The van der Waals surface area contributed by atoms with Gasteiger partial charge in [-0.05, 0) is 24.3 Å². The quantitative estimate of drug-likeness (QED) is 0.724. The highest BCUT2D eigenvalue weighted by atomic mass is 19.4. The van der Waals surface area contributed by atoms with Gasteiger partial charge in [-0.25, -0.2) is 4.39 Å². The van der Waals surface area contributed by atoms with E-state index in [0.717, 1.165) is 17.0 Å². The summed E-state index contributed by atoms with van der Waals surface area (Å²) >= 11 is 0. The van der Waals surface area contributed by atoms with E-state index in [4.69, 9.17) is 0 Å². The number of alkyl halides is 3. The first-order valence-corrected chi connectivity index (χ1v) is 5.48. The molecular formula is C12H11F4NO. The van der Waals surface area contributed by atoms with Gasteiger partial charge in [0.2, 0.25) is 0 Å². The van der Waals surface area contributed by atoms with Gasteiger partial charge in [-0.15, -0.1) is 0 Å². The van der Waals surface area contributed by atoms with Gasteiger partial charge in [0.05, 0.1) is 0 Å². The number of piperidine rings is 1. The fraction of sp³-hybridized carbons (Fsp3) is 0.417. The molecule has 2 nitrogen and oxygen atoms in total. The third-order valence-electron chi connectivity index (χ3n) is 2.96. The average molecular weight is 261 g/mol. The van der Waals surface area contributed by atoms with Gasteiger partial charge in [-0.1, -0.05) is 0 Å². The van der Waals surface area contributed by atoms with E-state index < -0.39 is 30.2 Å². The summed E-state index contributed by atoms with van der Waals surface area (Å²) in [6, 6.07) is 3.00. The molecule has 1 aromatic carbocycles. The van der Waals surface area contributed by atoms with Gasteiger partial charge in [0.15, 0.2) is 0 Å². The highest BCUT2D eigenvalue weighted by molar-refractivity contribution is 5.82. The SMILES string of the molecule is O=C1CCN(c2ccc(F)cc2)C(C(F)(F)F)C1. The zero-order chi connectivity index (χ0) is 13.3. The summed E-state index contributed by atoms with van der Waals surface area (Å²) < 4.78 is 51.3. The molecule has 1 aromatic rings. The first-order chi connectivity index (χ1) is 8.38. The van der Waals surface area contributed by atoms with Gasteiger partial charge >= 0.3 is 6.18 Å². The molecule has 1 saturated heterocycles. The summed E-state index contributed by atoms with van der Waals surface area (Å²) in [6.45, 7) is 0.00857. The Morgan fingerprint density at radius 3 is 2.33 bits per heavy atom. The molecule has 0 aliphatic carbocycles. The van der Waals surface area contributed by atoms with Crippen LogP contribution in [0.2, 0.25) is 0 Å². The van der Waals surface area contributed by atoms with Crippen molar-refractivity contribution in [3.63, 3.8) is 0 Å². The number of hydrogen-bond acceptors (Lipinski definition) is 2. The van der Waals surface area contributed by atoms with Crippen LogP contribution in [0.1, 0.15) is 12.8 Å². The van der Waals surface area contributed by atoms with Crippen molar-refractivity contribution in [3.8, 4) is 0 Å². The topological polar surface area (TPSA) is 20.3 Å². The highest BCUT2D eigenvalue weighted by Crippen LogP contribution is 2.33. The van der Waals surface area contributed by atoms with Crippen LogP contribution in [0.4, 0.5) is 23.2 Å². The fourth-order valence-electron chi connectivity index (χ4n) is 2.06. The van der Waals surface area contributed by atoms with Crippen molar-refractivity contribution in [1.29, 1.82) is 0 Å². The van der Waals surface area contributed by atoms with Crippen LogP contribution in [0.3, 0.4) is 0 Å².